The Bertz CT molecular complexity index is 380. The van der Waals surface area contributed by atoms with Crippen LogP contribution < -0.4 is 0 Å². The van der Waals surface area contributed by atoms with Gasteiger partial charge < -0.3 is 4.74 Å². The standard InChI is InChI=1S/C13H16N2O/c1-3-15-13(9-10-14-2)16-11-12-7-5-4-6-8-12/h3-10H,11H2,1-2H3/b13-9+,14-10-,15-3+. The summed E-state index contributed by atoms with van der Waals surface area (Å²) in [7, 11) is 1.71. The Balaban J connectivity index is 2.57. The smallest absolute Gasteiger partial charge is 0.214 e. The molecule has 0 N–H and O–H groups in total. The Hall–Kier alpha value is -1.90. The van der Waals surface area contributed by atoms with Crippen molar-refractivity contribution in [2.24, 2.45) is 9.98 Å². The van der Waals surface area contributed by atoms with E-state index in [4.69, 9.17) is 4.74 Å². The Kier molecular flexibility index (Phi) is 5.63. The summed E-state index contributed by atoms with van der Waals surface area (Å²) >= 11 is 0. The summed E-state index contributed by atoms with van der Waals surface area (Å²) in [5, 5.41) is 0. The first-order valence-corrected chi connectivity index (χ1v) is 5.14. The van der Waals surface area contributed by atoms with Crippen LogP contribution in [0.2, 0.25) is 0 Å². The third-order valence-corrected chi connectivity index (χ3v) is 1.85. The minimum atomic E-state index is 0.515. The quantitative estimate of drug-likeness (QED) is 0.550. The number of aliphatic imine (C=N–C) groups is 2. The van der Waals surface area contributed by atoms with Crippen LogP contribution in [-0.2, 0) is 11.3 Å². The molecule has 0 fully saturated rings. The molecule has 1 aromatic carbocycles. The van der Waals surface area contributed by atoms with Crippen molar-refractivity contribution in [1.82, 2.24) is 0 Å². The SMILES string of the molecule is C/C=N/C(=C\C=N/C)OCc1ccccc1. The van der Waals surface area contributed by atoms with Crippen LogP contribution in [0, 0.1) is 0 Å². The van der Waals surface area contributed by atoms with Crippen LogP contribution in [0.25, 0.3) is 0 Å². The van der Waals surface area contributed by atoms with Gasteiger partial charge in [0.25, 0.3) is 0 Å². The van der Waals surface area contributed by atoms with Crippen LogP contribution in [0.4, 0.5) is 0 Å². The van der Waals surface area contributed by atoms with E-state index < -0.39 is 0 Å². The minimum absolute atomic E-state index is 0.515. The molecule has 0 atom stereocenters. The van der Waals surface area contributed by atoms with Gasteiger partial charge in [-0.25, -0.2) is 4.99 Å². The molecule has 0 unspecified atom stereocenters. The number of nitrogens with zero attached hydrogens (tertiary/aromatic N) is 2. The summed E-state index contributed by atoms with van der Waals surface area (Å²) in [6.45, 7) is 2.37. The van der Waals surface area contributed by atoms with Gasteiger partial charge in [0.05, 0.1) is 0 Å². The molecular weight excluding hydrogens is 200 g/mol. The topological polar surface area (TPSA) is 34.0 Å². The molecular formula is C13H16N2O. The molecule has 0 radical (unpaired) electrons. The summed E-state index contributed by atoms with van der Waals surface area (Å²) in [6, 6.07) is 9.98. The van der Waals surface area contributed by atoms with Crippen molar-refractivity contribution in [2.45, 2.75) is 13.5 Å². The molecule has 0 saturated carbocycles. The summed E-state index contributed by atoms with van der Waals surface area (Å²) in [6.07, 6.45) is 5.09. The molecule has 0 saturated heterocycles. The lowest BCUT2D eigenvalue weighted by atomic mass is 10.2. The van der Waals surface area contributed by atoms with Crippen molar-refractivity contribution < 1.29 is 4.74 Å². The first-order chi connectivity index (χ1) is 7.86. The fourth-order valence-electron chi connectivity index (χ4n) is 1.13. The molecule has 84 valence electrons. The second kappa shape index (κ2) is 7.40. The zero-order valence-corrected chi connectivity index (χ0v) is 9.63. The van der Waals surface area contributed by atoms with Crippen molar-refractivity contribution in [3.8, 4) is 0 Å². The maximum atomic E-state index is 5.54. The van der Waals surface area contributed by atoms with Crippen LogP contribution in [0.15, 0.2) is 52.3 Å². The highest BCUT2D eigenvalue weighted by Crippen LogP contribution is 2.06. The molecule has 3 nitrogen and oxygen atoms in total. The van der Waals surface area contributed by atoms with Crippen LogP contribution >= 0.6 is 0 Å². The molecule has 0 aliphatic heterocycles. The molecule has 0 bridgehead atoms. The van der Waals surface area contributed by atoms with Crippen molar-refractivity contribution in [3.63, 3.8) is 0 Å². The molecule has 0 spiro atoms. The van der Waals surface area contributed by atoms with E-state index in [1.165, 1.54) is 0 Å². The predicted octanol–water partition coefficient (Wildman–Crippen LogP) is 2.84. The normalized spacial score (nSPS) is 12.5. The number of allylic oxidation sites excluding steroid dienone is 1. The highest BCUT2D eigenvalue weighted by Gasteiger charge is 1.95. The summed E-state index contributed by atoms with van der Waals surface area (Å²) < 4.78 is 5.54. The van der Waals surface area contributed by atoms with Gasteiger partial charge >= 0.3 is 0 Å². The highest BCUT2D eigenvalue weighted by atomic mass is 16.5. The molecule has 0 heterocycles. The average molecular weight is 216 g/mol. The zero-order chi connectivity index (χ0) is 11.6. The van der Waals surface area contributed by atoms with Gasteiger partial charge in [-0.1, -0.05) is 30.3 Å². The van der Waals surface area contributed by atoms with Gasteiger partial charge in [-0.15, -0.1) is 0 Å². The monoisotopic (exact) mass is 216 g/mol. The Labute approximate surface area is 96.2 Å². The van der Waals surface area contributed by atoms with Gasteiger partial charge in [-0.05, 0) is 12.5 Å². The van der Waals surface area contributed by atoms with Gasteiger partial charge in [0, 0.05) is 25.6 Å². The lowest BCUT2D eigenvalue weighted by Gasteiger charge is -2.05. The summed E-state index contributed by atoms with van der Waals surface area (Å²) in [5.74, 6) is 0.567. The molecule has 0 aliphatic rings. The molecule has 0 amide bonds. The first kappa shape index (κ1) is 12.2. The van der Waals surface area contributed by atoms with Crippen LogP contribution in [0.3, 0.4) is 0 Å². The molecule has 16 heavy (non-hydrogen) atoms. The largest absolute Gasteiger partial charge is 0.473 e. The van der Waals surface area contributed by atoms with E-state index in [0.29, 0.717) is 12.5 Å². The Morgan fingerprint density at radius 2 is 2.06 bits per heavy atom. The lowest BCUT2D eigenvalue weighted by Crippen LogP contribution is -1.92. The van der Waals surface area contributed by atoms with Gasteiger partial charge in [0.1, 0.15) is 6.61 Å². The molecule has 3 heteroatoms. The fourth-order valence-corrected chi connectivity index (χ4v) is 1.13. The van der Waals surface area contributed by atoms with Crippen molar-refractivity contribution in [3.05, 3.63) is 47.9 Å². The zero-order valence-electron chi connectivity index (χ0n) is 9.63. The maximum Gasteiger partial charge on any atom is 0.214 e. The van der Waals surface area contributed by atoms with E-state index in [1.54, 1.807) is 25.6 Å². The van der Waals surface area contributed by atoms with E-state index in [0.717, 1.165) is 5.56 Å². The summed E-state index contributed by atoms with van der Waals surface area (Å²) in [4.78, 5) is 7.96. The predicted molar refractivity (Wildman–Crippen MR) is 67.9 cm³/mol. The lowest BCUT2D eigenvalue weighted by molar-refractivity contribution is 0.198. The number of benzene rings is 1. The molecule has 1 aromatic rings. The molecule has 0 aliphatic carbocycles. The van der Waals surface area contributed by atoms with E-state index in [-0.39, 0.29) is 0 Å². The van der Waals surface area contributed by atoms with Gasteiger partial charge in [-0.3, -0.25) is 4.99 Å². The van der Waals surface area contributed by atoms with E-state index in [2.05, 4.69) is 9.98 Å². The van der Waals surface area contributed by atoms with Crippen LogP contribution in [0.1, 0.15) is 12.5 Å². The third kappa shape index (κ3) is 4.55. The second-order valence-electron chi connectivity index (χ2n) is 3.07. The minimum Gasteiger partial charge on any atom is -0.473 e. The maximum absolute atomic E-state index is 5.54. The number of hydrogen-bond donors (Lipinski definition) is 0. The third-order valence-electron chi connectivity index (χ3n) is 1.85. The van der Waals surface area contributed by atoms with Gasteiger partial charge in [0.15, 0.2) is 0 Å². The summed E-state index contributed by atoms with van der Waals surface area (Å²) in [5.41, 5.74) is 1.12. The highest BCUT2D eigenvalue weighted by molar-refractivity contribution is 5.72. The Morgan fingerprint density at radius 1 is 1.31 bits per heavy atom. The van der Waals surface area contributed by atoms with Crippen molar-refractivity contribution in [2.75, 3.05) is 7.05 Å². The number of ether oxygens (including phenoxy) is 1. The van der Waals surface area contributed by atoms with E-state index >= 15 is 0 Å². The fraction of sp³-hybridized carbons (Fsp3) is 0.231. The first-order valence-electron chi connectivity index (χ1n) is 5.14. The molecule has 1 rings (SSSR count). The van der Waals surface area contributed by atoms with E-state index in [1.807, 2.05) is 37.3 Å². The van der Waals surface area contributed by atoms with Gasteiger partial charge in [0.2, 0.25) is 5.88 Å². The van der Waals surface area contributed by atoms with Gasteiger partial charge in [-0.2, -0.15) is 0 Å². The van der Waals surface area contributed by atoms with Crippen molar-refractivity contribution in [1.29, 1.82) is 0 Å². The number of hydrogen-bond acceptors (Lipinski definition) is 3. The average Bonchev–Trinajstić information content (AvgIpc) is 2.34. The number of rotatable bonds is 5. The second-order valence-corrected chi connectivity index (χ2v) is 3.07. The Morgan fingerprint density at radius 3 is 2.69 bits per heavy atom. The van der Waals surface area contributed by atoms with Crippen LogP contribution in [-0.4, -0.2) is 19.5 Å². The molecule has 0 aromatic heterocycles. The van der Waals surface area contributed by atoms with E-state index in [9.17, 15) is 0 Å². The van der Waals surface area contributed by atoms with Crippen molar-refractivity contribution >= 4 is 12.4 Å². The van der Waals surface area contributed by atoms with Crippen LogP contribution in [0.5, 0.6) is 0 Å².